The quantitative estimate of drug-likeness (QED) is 0.283. The van der Waals surface area contributed by atoms with Crippen molar-refractivity contribution in [1.29, 1.82) is 0 Å². The topological polar surface area (TPSA) is 57.8 Å². The van der Waals surface area contributed by atoms with E-state index >= 15 is 0 Å². The van der Waals surface area contributed by atoms with Crippen molar-refractivity contribution >= 4 is 46.6 Å². The van der Waals surface area contributed by atoms with E-state index in [1.807, 2.05) is 48.5 Å². The monoisotopic (exact) mass is 467 g/mol. The fraction of sp³-hybridized carbons (Fsp3) is 0.0833. The Bertz CT molecular complexity index is 1100. The maximum Gasteiger partial charge on any atom is 0.225 e. The minimum absolute atomic E-state index is 0.107. The summed E-state index contributed by atoms with van der Waals surface area (Å²) < 4.78 is 0. The van der Waals surface area contributed by atoms with Crippen LogP contribution in [0.2, 0.25) is 10.0 Å². The highest BCUT2D eigenvalue weighted by molar-refractivity contribution is 7.99. The van der Waals surface area contributed by atoms with Crippen molar-refractivity contribution in [3.63, 3.8) is 0 Å². The molecular formula is C24H19Cl2N3OS. The SMILES string of the molecule is O=C(CCSc1nc(-c2ccccc2)c(-c2ccccc2)[nH]1)Nc1cc(Cl)cc(Cl)c1. The number of hydrogen-bond acceptors (Lipinski definition) is 3. The molecule has 0 aliphatic carbocycles. The first-order chi connectivity index (χ1) is 15.1. The van der Waals surface area contributed by atoms with Crippen molar-refractivity contribution in [3.05, 3.63) is 88.9 Å². The molecule has 0 aliphatic heterocycles. The lowest BCUT2D eigenvalue weighted by Crippen LogP contribution is -2.12. The molecule has 0 aliphatic rings. The molecule has 4 nitrogen and oxygen atoms in total. The van der Waals surface area contributed by atoms with Crippen LogP contribution in [0, 0.1) is 0 Å². The number of thioether (sulfide) groups is 1. The van der Waals surface area contributed by atoms with Gasteiger partial charge in [-0.1, -0.05) is 95.6 Å². The molecule has 0 spiro atoms. The van der Waals surface area contributed by atoms with Gasteiger partial charge in [-0.3, -0.25) is 4.79 Å². The number of H-pyrrole nitrogens is 1. The molecule has 0 saturated carbocycles. The third kappa shape index (κ3) is 5.70. The van der Waals surface area contributed by atoms with Gasteiger partial charge < -0.3 is 10.3 Å². The zero-order chi connectivity index (χ0) is 21.6. The van der Waals surface area contributed by atoms with Crippen LogP contribution in [0.3, 0.4) is 0 Å². The number of aromatic amines is 1. The first-order valence-electron chi connectivity index (χ1n) is 9.68. The molecule has 4 rings (SSSR count). The number of nitrogens with zero attached hydrogens (tertiary/aromatic N) is 1. The smallest absolute Gasteiger partial charge is 0.225 e. The summed E-state index contributed by atoms with van der Waals surface area (Å²) in [7, 11) is 0. The van der Waals surface area contributed by atoms with E-state index in [0.29, 0.717) is 27.9 Å². The minimum Gasteiger partial charge on any atom is -0.332 e. The summed E-state index contributed by atoms with van der Waals surface area (Å²) in [5.41, 5.74) is 4.55. The van der Waals surface area contributed by atoms with E-state index in [-0.39, 0.29) is 5.91 Å². The van der Waals surface area contributed by atoms with Gasteiger partial charge in [-0.05, 0) is 18.2 Å². The molecule has 4 aromatic rings. The summed E-state index contributed by atoms with van der Waals surface area (Å²) in [6, 6.07) is 25.1. The average molecular weight is 468 g/mol. The maximum atomic E-state index is 12.3. The molecule has 0 unspecified atom stereocenters. The first kappa shape index (κ1) is 21.5. The van der Waals surface area contributed by atoms with E-state index < -0.39 is 0 Å². The molecule has 3 aromatic carbocycles. The molecule has 0 saturated heterocycles. The summed E-state index contributed by atoms with van der Waals surface area (Å²) in [5.74, 6) is 0.472. The highest BCUT2D eigenvalue weighted by Crippen LogP contribution is 2.32. The van der Waals surface area contributed by atoms with Crippen LogP contribution in [0.15, 0.2) is 84.0 Å². The molecule has 0 atom stereocenters. The van der Waals surface area contributed by atoms with Gasteiger partial charge in [0.1, 0.15) is 0 Å². The van der Waals surface area contributed by atoms with Gasteiger partial charge in [0.2, 0.25) is 5.91 Å². The van der Waals surface area contributed by atoms with Gasteiger partial charge >= 0.3 is 0 Å². The lowest BCUT2D eigenvalue weighted by atomic mass is 10.1. The average Bonchev–Trinajstić information content (AvgIpc) is 3.18. The summed E-state index contributed by atoms with van der Waals surface area (Å²) in [4.78, 5) is 20.5. The largest absolute Gasteiger partial charge is 0.332 e. The van der Waals surface area contributed by atoms with Gasteiger partial charge in [0.05, 0.1) is 11.4 Å². The molecule has 0 bridgehead atoms. The number of halogens is 2. The molecule has 0 radical (unpaired) electrons. The number of hydrogen-bond donors (Lipinski definition) is 2. The van der Waals surface area contributed by atoms with Crippen molar-refractivity contribution < 1.29 is 4.79 Å². The van der Waals surface area contributed by atoms with Crippen molar-refractivity contribution in [3.8, 4) is 22.5 Å². The number of benzene rings is 3. The van der Waals surface area contributed by atoms with Gasteiger partial charge in [0.15, 0.2) is 5.16 Å². The fourth-order valence-corrected chi connectivity index (χ4v) is 4.47. The van der Waals surface area contributed by atoms with E-state index in [2.05, 4.69) is 22.4 Å². The highest BCUT2D eigenvalue weighted by atomic mass is 35.5. The molecule has 0 fully saturated rings. The second-order valence-corrected chi connectivity index (χ2v) is 8.76. The number of nitrogens with one attached hydrogen (secondary N) is 2. The number of carbonyl (C=O) groups is 1. The second kappa shape index (κ2) is 10.1. The van der Waals surface area contributed by atoms with Crippen LogP contribution in [0.25, 0.3) is 22.5 Å². The summed E-state index contributed by atoms with van der Waals surface area (Å²) in [6.07, 6.45) is 0.330. The van der Waals surface area contributed by atoms with Crippen molar-refractivity contribution in [2.24, 2.45) is 0 Å². The first-order valence-corrected chi connectivity index (χ1v) is 11.4. The molecule has 7 heteroatoms. The predicted molar refractivity (Wildman–Crippen MR) is 130 cm³/mol. The Morgan fingerprint density at radius 1 is 0.903 bits per heavy atom. The van der Waals surface area contributed by atoms with E-state index in [0.717, 1.165) is 27.7 Å². The molecule has 156 valence electrons. The Morgan fingerprint density at radius 3 is 2.16 bits per heavy atom. The van der Waals surface area contributed by atoms with Gasteiger partial charge in [0.25, 0.3) is 0 Å². The van der Waals surface area contributed by atoms with Crippen molar-refractivity contribution in [1.82, 2.24) is 9.97 Å². The number of aromatic nitrogens is 2. The van der Waals surface area contributed by atoms with Gasteiger partial charge in [-0.2, -0.15) is 0 Å². The third-order valence-corrected chi connectivity index (χ3v) is 5.82. The van der Waals surface area contributed by atoms with E-state index in [1.54, 1.807) is 18.2 Å². The minimum atomic E-state index is -0.107. The van der Waals surface area contributed by atoms with Gasteiger partial charge in [-0.15, -0.1) is 0 Å². The third-order valence-electron chi connectivity index (χ3n) is 4.51. The van der Waals surface area contributed by atoms with Crippen LogP contribution in [0.4, 0.5) is 5.69 Å². The Hall–Kier alpha value is -2.73. The Kier molecular flexibility index (Phi) is 6.97. The van der Waals surface area contributed by atoms with Crippen molar-refractivity contribution in [2.75, 3.05) is 11.1 Å². The molecular weight excluding hydrogens is 449 g/mol. The Labute approximate surface area is 195 Å². The zero-order valence-corrected chi connectivity index (χ0v) is 18.8. The van der Waals surface area contributed by atoms with Crippen LogP contribution >= 0.6 is 35.0 Å². The maximum absolute atomic E-state index is 12.3. The summed E-state index contributed by atoms with van der Waals surface area (Å²) in [6.45, 7) is 0. The molecule has 31 heavy (non-hydrogen) atoms. The fourth-order valence-electron chi connectivity index (χ4n) is 3.13. The molecule has 1 heterocycles. The summed E-state index contributed by atoms with van der Waals surface area (Å²) >= 11 is 13.5. The Morgan fingerprint density at radius 2 is 1.52 bits per heavy atom. The normalized spacial score (nSPS) is 10.8. The number of amides is 1. The number of rotatable bonds is 7. The van der Waals surface area contributed by atoms with E-state index in [4.69, 9.17) is 28.2 Å². The van der Waals surface area contributed by atoms with Crippen molar-refractivity contribution in [2.45, 2.75) is 11.6 Å². The van der Waals surface area contributed by atoms with Crippen LogP contribution in [-0.4, -0.2) is 21.6 Å². The number of imidazole rings is 1. The van der Waals surface area contributed by atoms with E-state index in [9.17, 15) is 4.79 Å². The van der Waals surface area contributed by atoms with Crippen LogP contribution in [0.5, 0.6) is 0 Å². The lowest BCUT2D eigenvalue weighted by Gasteiger charge is -2.06. The van der Waals surface area contributed by atoms with Crippen LogP contribution < -0.4 is 5.32 Å². The zero-order valence-electron chi connectivity index (χ0n) is 16.4. The van der Waals surface area contributed by atoms with E-state index in [1.165, 1.54) is 11.8 Å². The molecule has 1 aromatic heterocycles. The number of carbonyl (C=O) groups excluding carboxylic acids is 1. The van der Waals surface area contributed by atoms with Gasteiger partial charge in [-0.25, -0.2) is 4.98 Å². The van der Waals surface area contributed by atoms with Gasteiger partial charge in [0, 0.05) is 39.0 Å². The molecule has 2 N–H and O–H groups in total. The lowest BCUT2D eigenvalue weighted by molar-refractivity contribution is -0.115. The number of anilines is 1. The Balaban J connectivity index is 1.45. The van der Waals surface area contributed by atoms with Crippen LogP contribution in [0.1, 0.15) is 6.42 Å². The summed E-state index contributed by atoms with van der Waals surface area (Å²) in [5, 5.41) is 4.56. The molecule has 1 amide bonds. The second-order valence-electron chi connectivity index (χ2n) is 6.80. The standard InChI is InChI=1S/C24H19Cl2N3OS/c25-18-13-19(26)15-20(14-18)27-21(30)11-12-31-24-28-22(16-7-3-1-4-8-16)23(29-24)17-9-5-2-6-10-17/h1-10,13-15H,11-12H2,(H,27,30)(H,28,29). The van der Waals surface area contributed by atoms with Crippen LogP contribution in [-0.2, 0) is 4.79 Å². The predicted octanol–water partition coefficient (Wildman–Crippen LogP) is 7.17. The highest BCUT2D eigenvalue weighted by Gasteiger charge is 2.14.